The Morgan fingerprint density at radius 3 is 0.532 bits per heavy atom. The molecule has 0 spiro atoms. The van der Waals surface area contributed by atoms with Crippen LogP contribution < -0.4 is 29.6 Å². The quantitative estimate of drug-likeness (QED) is 0.112. The second-order valence-electron chi connectivity index (χ2n) is 4.86. The van der Waals surface area contributed by atoms with E-state index in [-0.39, 0.29) is 98.9 Å². The van der Waals surface area contributed by atoms with Gasteiger partial charge < -0.3 is 59.4 Å². The van der Waals surface area contributed by atoms with Crippen LogP contribution in [0.1, 0.15) is 78.5 Å². The molecule has 19 heteroatoms. The summed E-state index contributed by atoms with van der Waals surface area (Å²) in [5.41, 5.74) is 0. The molecule has 0 aromatic rings. The first-order valence-corrected chi connectivity index (χ1v) is 15.1. The monoisotopic (exact) mass is 1060 g/mol. The van der Waals surface area contributed by atoms with Crippen molar-refractivity contribution in [1.29, 1.82) is 0 Å². The predicted octanol–water partition coefficient (Wildman–Crippen LogP) is 1.25. The van der Waals surface area contributed by atoms with Crippen molar-refractivity contribution in [3.63, 3.8) is 0 Å². The Bertz CT molecular complexity index is 315. The van der Waals surface area contributed by atoms with Crippen molar-refractivity contribution in [3.05, 3.63) is 41.5 Å². The number of carbonyl (C=O) groups excluding carboxylic acids is 8. The van der Waals surface area contributed by atoms with Crippen LogP contribution in [0, 0.1) is 41.5 Å². The van der Waals surface area contributed by atoms with Gasteiger partial charge in [-0.1, -0.05) is 64.2 Å². The van der Waals surface area contributed by atoms with E-state index in [2.05, 4.69) is 115 Å². The van der Waals surface area contributed by atoms with Crippen LogP contribution in [0.2, 0.25) is 0 Å². The molecule has 1 saturated heterocycles. The zero-order chi connectivity index (χ0) is 36.6. The van der Waals surface area contributed by atoms with E-state index in [1.54, 1.807) is 0 Å². The molecule has 47 heavy (non-hydrogen) atoms. The van der Waals surface area contributed by atoms with Gasteiger partial charge in [0.2, 0.25) is 0 Å². The van der Waals surface area contributed by atoms with Gasteiger partial charge in [-0.25, -0.2) is 0 Å². The van der Waals surface area contributed by atoms with Crippen LogP contribution in [0.25, 0.3) is 0 Å². The van der Waals surface area contributed by atoms with E-state index in [1.165, 1.54) is 77.0 Å². The maximum atomic E-state index is 7.75. The van der Waals surface area contributed by atoms with Gasteiger partial charge in [0, 0.05) is 46.8 Å². The summed E-state index contributed by atoms with van der Waals surface area (Å²) in [6.07, 6.45) is 17.6. The van der Waals surface area contributed by atoms with Gasteiger partial charge in [0.25, 0.3) is 0 Å². The van der Waals surface area contributed by atoms with Crippen LogP contribution in [0.5, 0.6) is 0 Å². The molecule has 0 N–H and O–H groups in total. The molecular weight excluding hydrogens is 1010 g/mol. The van der Waals surface area contributed by atoms with Crippen molar-refractivity contribution in [2.24, 2.45) is 0 Å². The fourth-order valence-electron chi connectivity index (χ4n) is 2.28. The fourth-order valence-corrected chi connectivity index (χ4v) is 2.28. The van der Waals surface area contributed by atoms with Gasteiger partial charge in [-0.05, 0) is 12.8 Å². The van der Waals surface area contributed by atoms with Crippen molar-refractivity contribution >= 4 is 74.1 Å². The van der Waals surface area contributed by atoms with Crippen LogP contribution in [0.3, 0.4) is 0 Å². The first-order chi connectivity index (χ1) is 20.5. The van der Waals surface area contributed by atoms with Gasteiger partial charge in [-0.2, -0.15) is 0 Å². The molecule has 279 valence electrons. The topological polar surface area (TPSA) is 225 Å². The van der Waals surface area contributed by atoms with Crippen LogP contribution in [0.4, 0.5) is 0 Å². The number of ether oxygens (including phenoxy) is 1. The molecule has 0 bridgehead atoms. The fraction of sp³-hybridized carbons (Fsp3) is 0.500. The molecule has 0 atom stereocenters. The van der Waals surface area contributed by atoms with Gasteiger partial charge in [0.05, 0.1) is 0 Å². The summed E-state index contributed by atoms with van der Waals surface area (Å²) in [4.78, 5) is 62.0. The van der Waals surface area contributed by atoms with Gasteiger partial charge in [-0.15, -0.1) is 0 Å². The Morgan fingerprint density at radius 2 is 0.489 bits per heavy atom. The first kappa shape index (κ1) is 127. The average molecular weight is 1060 g/mol. The van der Waals surface area contributed by atoms with E-state index < -0.39 is 0 Å². The summed E-state index contributed by atoms with van der Waals surface area (Å²) in [6.45, 7) is 46.0. The summed E-state index contributed by atoms with van der Waals surface area (Å²) in [7, 11) is 0. The minimum atomic E-state index is 0. The second-order valence-corrected chi connectivity index (χ2v) is 4.86. The summed E-state index contributed by atoms with van der Waals surface area (Å²) < 4.78 is 34.9. The third kappa shape index (κ3) is 389. The third-order valence-corrected chi connectivity index (χ3v) is 3.33. The van der Waals surface area contributed by atoms with Crippen LogP contribution in [-0.2, 0) is 130 Å². The summed E-state index contributed by atoms with van der Waals surface area (Å²) in [5.74, 6) is 0. The normalized spacial score (nSPS) is 8.62. The molecule has 3 aliphatic rings. The zero-order valence-electron chi connectivity index (χ0n) is 27.6. The molecule has 2 aliphatic carbocycles. The van der Waals surface area contributed by atoms with Crippen LogP contribution in [-0.4, -0.2) is 67.5 Å². The van der Waals surface area contributed by atoms with E-state index >= 15 is 0 Å². The Balaban J connectivity index is -0.00000000982. The minimum absolute atomic E-state index is 0. The molecule has 3 fully saturated rings. The van der Waals surface area contributed by atoms with Crippen LogP contribution in [0.15, 0.2) is 0 Å². The second kappa shape index (κ2) is 407. The maximum absolute atomic E-state index is 7.75. The van der Waals surface area contributed by atoms with Gasteiger partial charge in [0.15, 0.2) is 0 Å². The van der Waals surface area contributed by atoms with Gasteiger partial charge in [-0.3, -0.25) is 54.3 Å². The molecule has 3 rings (SSSR count). The Kier molecular flexibility index (Phi) is 1100. The number of hydrogen-bond donors (Lipinski definition) is 0. The van der Waals surface area contributed by atoms with Crippen molar-refractivity contribution in [3.8, 4) is 0 Å². The first-order valence-electron chi connectivity index (χ1n) is 9.91. The standard InChI is InChI=1S/2C5H10.C4H8O.8CHO.4CO.2CH3.2Co.HI.Na.2Ru.H/c3*1-2-4-5-3-1;12*1-2;;;;;;;;;/h2*1-5H2;1-4H2;8*1H;;;;;2*1H3;;;1H;;;;/q;;;8*-1;;;;;2*-1;;;;+1;+3;+4;-1/p-1. The SMILES string of the molecule is C1CCCC1.C1CCCC1.C1CCOC1.[C-]#[O+].[C-]#[O+].[C-]#[O+].[C-]#[O+].[CH-]=O.[CH-]=O.[CH-]=O.[CH-]=O.[CH-]=O.[CH-]=O.[CH-]=O.[CH-]=O.[CH3-].[CH3-].[Co].[Co].[H-].[Na+].[Ru+3].[Ru+3][I]. The predicted molar refractivity (Wildman–Crippen MR) is 164 cm³/mol. The van der Waals surface area contributed by atoms with E-state index in [0.29, 0.717) is 0 Å². The number of rotatable bonds is 0. The van der Waals surface area contributed by atoms with Gasteiger partial charge in [0.1, 0.15) is 0 Å². The molecule has 1 heterocycles. The molecule has 0 aromatic carbocycles. The molecule has 13 nitrogen and oxygen atoms in total. The summed E-state index contributed by atoms with van der Waals surface area (Å²) >= 11 is 4.40. The number of hydrogen-bond acceptors (Lipinski definition) is 9. The van der Waals surface area contributed by atoms with Crippen molar-refractivity contribution < 1.29 is 161 Å². The Labute approximate surface area is 362 Å². The van der Waals surface area contributed by atoms with Crippen molar-refractivity contribution in [2.45, 2.75) is 77.0 Å². The summed E-state index contributed by atoms with van der Waals surface area (Å²) in [6, 6.07) is 0. The van der Waals surface area contributed by atoms with E-state index in [9.17, 15) is 0 Å². The van der Waals surface area contributed by atoms with Crippen molar-refractivity contribution in [2.75, 3.05) is 13.2 Å². The summed E-state index contributed by atoms with van der Waals surface area (Å²) in [5, 5.41) is 0. The molecule has 0 aromatic heterocycles. The van der Waals surface area contributed by atoms with E-state index in [4.69, 9.17) is 61.7 Å². The molecule has 0 unspecified atom stereocenters. The third-order valence-electron chi connectivity index (χ3n) is 3.33. The Hall–Kier alpha value is 0.270. The molecule has 3 radical (unpaired) electrons. The van der Waals surface area contributed by atoms with E-state index in [1.807, 2.05) is 0 Å². The van der Waals surface area contributed by atoms with E-state index in [0.717, 1.165) is 13.2 Å². The van der Waals surface area contributed by atoms with Crippen molar-refractivity contribution in [1.82, 2.24) is 0 Å². The number of halogens is 1. The average Bonchev–Trinajstić information content (AvgIpc) is 4.01. The molecular formula is C28H43Co2INaO13Ru2-4. The Morgan fingerprint density at radius 1 is 0.404 bits per heavy atom. The zero-order valence-corrected chi connectivity index (χ0v) is 36.3. The molecule has 0 amide bonds. The van der Waals surface area contributed by atoms with Gasteiger partial charge >= 0.3 is 129 Å². The van der Waals surface area contributed by atoms with Crippen LogP contribution >= 0.6 is 19.8 Å². The molecule has 2 saturated carbocycles. The molecule has 1 aliphatic heterocycles.